The summed E-state index contributed by atoms with van der Waals surface area (Å²) in [7, 11) is 0. The minimum Gasteiger partial charge on any atom is -0.310 e. The van der Waals surface area contributed by atoms with Crippen molar-refractivity contribution in [2.75, 3.05) is 0 Å². The Hall–Kier alpha value is -0.820. The van der Waals surface area contributed by atoms with E-state index in [0.29, 0.717) is 0 Å². The van der Waals surface area contributed by atoms with Crippen molar-refractivity contribution < 1.29 is 0 Å². The first-order valence-electron chi connectivity index (χ1n) is 6.97. The lowest BCUT2D eigenvalue weighted by Crippen LogP contribution is -2.34. The van der Waals surface area contributed by atoms with E-state index >= 15 is 0 Å². The van der Waals surface area contributed by atoms with Crippen molar-refractivity contribution in [2.24, 2.45) is 5.92 Å². The summed E-state index contributed by atoms with van der Waals surface area (Å²) in [5.74, 6) is 0.784. The van der Waals surface area contributed by atoms with Gasteiger partial charge < -0.3 is 5.32 Å². The molecule has 0 heterocycles. The molecule has 0 aliphatic heterocycles. The Morgan fingerprint density at radius 2 is 2.18 bits per heavy atom. The van der Waals surface area contributed by atoms with Gasteiger partial charge in [0.25, 0.3) is 0 Å². The summed E-state index contributed by atoms with van der Waals surface area (Å²) in [6.45, 7) is 5.61. The summed E-state index contributed by atoms with van der Waals surface area (Å²) in [5, 5.41) is 3.64. The smallest absolute Gasteiger partial charge is 0.0211 e. The monoisotopic (exact) mass is 230 g/mol. The van der Waals surface area contributed by atoms with Crippen LogP contribution in [0.4, 0.5) is 0 Å². The Morgan fingerprint density at radius 3 is 2.82 bits per heavy atom. The van der Waals surface area contributed by atoms with Crippen LogP contribution >= 0.6 is 0 Å². The van der Waals surface area contributed by atoms with Gasteiger partial charge in [0.15, 0.2) is 0 Å². The van der Waals surface area contributed by atoms with Crippen LogP contribution in [0.5, 0.6) is 0 Å². The lowest BCUT2D eigenvalue weighted by atomic mass is 9.92. The molecule has 1 nitrogen and oxygen atoms in total. The van der Waals surface area contributed by atoms with Gasteiger partial charge in [-0.3, -0.25) is 0 Å². The molecule has 1 aliphatic rings. The van der Waals surface area contributed by atoms with Gasteiger partial charge >= 0.3 is 0 Å². The Labute approximate surface area is 106 Å². The van der Waals surface area contributed by atoms with E-state index in [1.165, 1.54) is 43.2 Å². The van der Waals surface area contributed by atoms with Crippen molar-refractivity contribution in [3.63, 3.8) is 0 Å². The first-order chi connectivity index (χ1) is 8.25. The number of hydrogen-bond donors (Lipinski definition) is 1. The maximum absolute atomic E-state index is 3.64. The molecule has 1 aliphatic carbocycles. The second-order valence-corrected chi connectivity index (χ2v) is 5.64. The van der Waals surface area contributed by atoms with E-state index in [9.17, 15) is 0 Å². The highest BCUT2D eigenvalue weighted by molar-refractivity contribution is 5.26. The van der Waals surface area contributed by atoms with E-state index in [0.717, 1.165) is 18.5 Å². The molecule has 1 aromatic carbocycles. The molecule has 1 aromatic rings. The number of nitrogens with one attached hydrogen (secondary N) is 1. The summed E-state index contributed by atoms with van der Waals surface area (Å²) < 4.78 is 0. The third-order valence-corrected chi connectivity index (χ3v) is 3.73. The predicted octanol–water partition coefficient (Wildman–Crippen LogP) is 3.72. The van der Waals surface area contributed by atoms with E-state index in [-0.39, 0.29) is 0 Å². The zero-order valence-electron chi connectivity index (χ0n) is 11.1. The fraction of sp³-hybridized carbons (Fsp3) is 0.625. The third-order valence-electron chi connectivity index (χ3n) is 3.73. The molecule has 93 valence electrons. The number of aryl methyl sites for hydroxylation is 1. The van der Waals surface area contributed by atoms with Crippen LogP contribution in [0.25, 0.3) is 0 Å². The number of benzene rings is 1. The van der Waals surface area contributed by atoms with Crippen LogP contribution in [0, 0.1) is 12.0 Å². The Kier molecular flexibility index (Phi) is 4.61. The molecular weight excluding hydrogens is 206 g/mol. The fourth-order valence-corrected chi connectivity index (χ4v) is 2.22. The summed E-state index contributed by atoms with van der Waals surface area (Å²) >= 11 is 0. The minimum absolute atomic E-state index is 0.771. The standard InChI is InChI=1S/C16H24N/c1-13(2)10-11-14-6-3-4-7-15(14)12-17-16-8-5-9-16/h3,6-7,13,16-17H,5,8-12H2,1-2H3. The molecule has 0 atom stereocenters. The first kappa shape index (κ1) is 12.6. The largest absolute Gasteiger partial charge is 0.310 e. The second kappa shape index (κ2) is 6.20. The minimum atomic E-state index is 0.771. The molecule has 1 N–H and O–H groups in total. The normalized spacial score (nSPS) is 16.2. The van der Waals surface area contributed by atoms with Crippen molar-refractivity contribution in [2.45, 2.75) is 58.5 Å². The van der Waals surface area contributed by atoms with E-state index in [2.05, 4.69) is 37.4 Å². The highest BCUT2D eigenvalue weighted by atomic mass is 14.9. The molecule has 17 heavy (non-hydrogen) atoms. The molecule has 0 bridgehead atoms. The molecule has 2 rings (SSSR count). The van der Waals surface area contributed by atoms with Gasteiger partial charge in [-0.25, -0.2) is 0 Å². The summed E-state index contributed by atoms with van der Waals surface area (Å²) in [6, 6.07) is 10.4. The van der Waals surface area contributed by atoms with Gasteiger partial charge in [-0.05, 0) is 54.9 Å². The Bertz CT molecular complexity index is 339. The molecule has 1 heteroatoms. The van der Waals surface area contributed by atoms with Gasteiger partial charge in [0.2, 0.25) is 0 Å². The maximum Gasteiger partial charge on any atom is 0.0211 e. The van der Waals surface area contributed by atoms with Crippen molar-refractivity contribution >= 4 is 0 Å². The first-order valence-corrected chi connectivity index (χ1v) is 6.97. The topological polar surface area (TPSA) is 12.0 Å². The molecule has 0 unspecified atom stereocenters. The summed E-state index contributed by atoms with van der Waals surface area (Å²) in [5.41, 5.74) is 2.95. The number of rotatable bonds is 6. The fourth-order valence-electron chi connectivity index (χ4n) is 2.22. The lowest BCUT2D eigenvalue weighted by Gasteiger charge is -2.27. The van der Waals surface area contributed by atoms with Crippen LogP contribution < -0.4 is 5.32 Å². The Balaban J connectivity index is 1.89. The number of hydrogen-bond acceptors (Lipinski definition) is 1. The van der Waals surface area contributed by atoms with Crippen molar-refractivity contribution in [1.29, 1.82) is 0 Å². The molecular formula is C16H24N. The quantitative estimate of drug-likeness (QED) is 0.785. The molecule has 1 radical (unpaired) electrons. The third kappa shape index (κ3) is 3.85. The van der Waals surface area contributed by atoms with Crippen LogP contribution in [-0.2, 0) is 13.0 Å². The average Bonchev–Trinajstić information content (AvgIpc) is 2.25. The van der Waals surface area contributed by atoms with E-state index in [1.54, 1.807) is 0 Å². The van der Waals surface area contributed by atoms with Gasteiger partial charge in [-0.1, -0.05) is 32.4 Å². The molecule has 0 amide bonds. The van der Waals surface area contributed by atoms with Crippen LogP contribution in [-0.4, -0.2) is 6.04 Å². The predicted molar refractivity (Wildman–Crippen MR) is 72.9 cm³/mol. The summed E-state index contributed by atoms with van der Waals surface area (Å²) in [4.78, 5) is 0. The molecule has 0 aromatic heterocycles. The zero-order valence-corrected chi connectivity index (χ0v) is 11.1. The molecule has 0 saturated heterocycles. The summed E-state index contributed by atoms with van der Waals surface area (Å²) in [6.07, 6.45) is 6.60. The Morgan fingerprint density at radius 1 is 1.35 bits per heavy atom. The van der Waals surface area contributed by atoms with Gasteiger partial charge in [-0.2, -0.15) is 0 Å². The van der Waals surface area contributed by atoms with Crippen molar-refractivity contribution in [1.82, 2.24) is 5.32 Å². The molecule has 0 spiro atoms. The van der Waals surface area contributed by atoms with E-state index in [1.807, 2.05) is 6.07 Å². The highest BCUT2D eigenvalue weighted by Crippen LogP contribution is 2.20. The van der Waals surface area contributed by atoms with Crippen molar-refractivity contribution in [3.8, 4) is 0 Å². The zero-order chi connectivity index (χ0) is 12.1. The van der Waals surface area contributed by atoms with Gasteiger partial charge in [0.05, 0.1) is 0 Å². The highest BCUT2D eigenvalue weighted by Gasteiger charge is 2.16. The van der Waals surface area contributed by atoms with Gasteiger partial charge in [0, 0.05) is 12.6 Å². The van der Waals surface area contributed by atoms with Crippen LogP contribution in [0.15, 0.2) is 18.2 Å². The van der Waals surface area contributed by atoms with Crippen LogP contribution in [0.2, 0.25) is 0 Å². The second-order valence-electron chi connectivity index (χ2n) is 5.64. The average molecular weight is 230 g/mol. The molecule has 1 saturated carbocycles. The molecule has 1 fully saturated rings. The van der Waals surface area contributed by atoms with Crippen LogP contribution in [0.1, 0.15) is 50.7 Å². The SMILES string of the molecule is CC(C)CCc1cc[c]cc1CNC1CCC1. The maximum atomic E-state index is 3.64. The van der Waals surface area contributed by atoms with E-state index in [4.69, 9.17) is 0 Å². The van der Waals surface area contributed by atoms with E-state index < -0.39 is 0 Å². The van der Waals surface area contributed by atoms with Crippen molar-refractivity contribution in [3.05, 3.63) is 35.4 Å². The lowest BCUT2D eigenvalue weighted by molar-refractivity contribution is 0.338. The van der Waals surface area contributed by atoms with Gasteiger partial charge in [-0.15, -0.1) is 0 Å². The van der Waals surface area contributed by atoms with Gasteiger partial charge in [0.1, 0.15) is 0 Å². The van der Waals surface area contributed by atoms with Crippen LogP contribution in [0.3, 0.4) is 0 Å².